The standard InChI is InChI=1S/C15H22N4O2S/c1-22-14-17-13(20)18(15(21)19(14)16)7-9-5-8-6-12(9)11-4-2-3-10(8)11/h8-12H,2-7,16H2,1H3/t8-,9-,10-,11+,12+/m0/s1. The molecule has 0 spiro atoms. The van der Waals surface area contributed by atoms with E-state index in [4.69, 9.17) is 5.84 Å². The molecule has 0 aliphatic heterocycles. The molecule has 7 heteroatoms. The highest BCUT2D eigenvalue weighted by Crippen LogP contribution is 2.61. The van der Waals surface area contributed by atoms with Crippen molar-refractivity contribution in [2.75, 3.05) is 12.1 Å². The summed E-state index contributed by atoms with van der Waals surface area (Å²) in [6, 6.07) is 0. The molecule has 120 valence electrons. The van der Waals surface area contributed by atoms with Gasteiger partial charge in [-0.25, -0.2) is 14.2 Å². The summed E-state index contributed by atoms with van der Waals surface area (Å²) >= 11 is 1.21. The van der Waals surface area contributed by atoms with Crippen LogP contribution >= 0.6 is 11.8 Å². The molecule has 2 bridgehead atoms. The number of nitrogens with zero attached hydrogens (tertiary/aromatic N) is 3. The van der Waals surface area contributed by atoms with E-state index in [-0.39, 0.29) is 5.16 Å². The van der Waals surface area contributed by atoms with Crippen LogP contribution in [0.2, 0.25) is 0 Å². The normalized spacial score (nSPS) is 36.0. The summed E-state index contributed by atoms with van der Waals surface area (Å²) in [5.74, 6) is 9.46. The number of nitrogen functional groups attached to an aromatic ring is 1. The van der Waals surface area contributed by atoms with Gasteiger partial charge in [0.15, 0.2) is 5.16 Å². The van der Waals surface area contributed by atoms with Gasteiger partial charge in [-0.05, 0) is 61.5 Å². The molecular formula is C15H22N4O2S. The molecule has 6 nitrogen and oxygen atoms in total. The Morgan fingerprint density at radius 1 is 1.23 bits per heavy atom. The first-order valence-corrected chi connectivity index (χ1v) is 9.35. The van der Waals surface area contributed by atoms with Crippen molar-refractivity contribution in [3.63, 3.8) is 0 Å². The molecule has 22 heavy (non-hydrogen) atoms. The molecule has 1 aromatic rings. The van der Waals surface area contributed by atoms with Crippen LogP contribution in [0.1, 0.15) is 32.1 Å². The maximum Gasteiger partial charge on any atom is 0.354 e. The maximum absolute atomic E-state index is 12.3. The minimum atomic E-state index is -0.457. The van der Waals surface area contributed by atoms with E-state index < -0.39 is 11.4 Å². The van der Waals surface area contributed by atoms with Crippen LogP contribution in [-0.2, 0) is 6.54 Å². The van der Waals surface area contributed by atoms with Gasteiger partial charge in [0.05, 0.1) is 0 Å². The fourth-order valence-electron chi connectivity index (χ4n) is 5.44. The van der Waals surface area contributed by atoms with Gasteiger partial charge in [-0.2, -0.15) is 9.66 Å². The molecule has 0 unspecified atom stereocenters. The van der Waals surface area contributed by atoms with Crippen molar-refractivity contribution in [1.29, 1.82) is 0 Å². The summed E-state index contributed by atoms with van der Waals surface area (Å²) < 4.78 is 2.24. The third kappa shape index (κ3) is 1.97. The van der Waals surface area contributed by atoms with Crippen LogP contribution in [0.15, 0.2) is 14.7 Å². The molecule has 2 N–H and O–H groups in total. The van der Waals surface area contributed by atoms with Gasteiger partial charge >= 0.3 is 11.4 Å². The van der Waals surface area contributed by atoms with Gasteiger partial charge in [0, 0.05) is 6.54 Å². The van der Waals surface area contributed by atoms with E-state index in [2.05, 4.69) is 4.98 Å². The predicted molar refractivity (Wildman–Crippen MR) is 85.2 cm³/mol. The summed E-state index contributed by atoms with van der Waals surface area (Å²) in [6.45, 7) is 0.487. The lowest BCUT2D eigenvalue weighted by molar-refractivity contribution is 0.169. The molecule has 4 rings (SSSR count). The van der Waals surface area contributed by atoms with Crippen LogP contribution < -0.4 is 17.2 Å². The monoisotopic (exact) mass is 322 g/mol. The van der Waals surface area contributed by atoms with Crippen molar-refractivity contribution in [3.05, 3.63) is 21.0 Å². The summed E-state index contributed by atoms with van der Waals surface area (Å²) in [6.07, 6.45) is 8.29. The van der Waals surface area contributed by atoms with Crippen LogP contribution in [0, 0.1) is 29.6 Å². The van der Waals surface area contributed by atoms with Crippen LogP contribution in [0.4, 0.5) is 0 Å². The molecule has 0 saturated heterocycles. The van der Waals surface area contributed by atoms with Gasteiger partial charge in [-0.1, -0.05) is 18.2 Å². The first kappa shape index (κ1) is 14.4. The van der Waals surface area contributed by atoms with Gasteiger partial charge < -0.3 is 5.84 Å². The highest BCUT2D eigenvalue weighted by atomic mass is 32.2. The molecule has 3 aliphatic carbocycles. The Hall–Kier alpha value is -1.24. The fraction of sp³-hybridized carbons (Fsp3) is 0.800. The van der Waals surface area contributed by atoms with Crippen molar-refractivity contribution in [2.24, 2.45) is 29.6 Å². The molecule has 3 saturated carbocycles. The van der Waals surface area contributed by atoms with Crippen LogP contribution in [0.3, 0.4) is 0 Å². The first-order chi connectivity index (χ1) is 10.6. The third-order valence-corrected chi connectivity index (χ3v) is 6.88. The Kier molecular flexibility index (Phi) is 3.36. The molecule has 5 atom stereocenters. The number of rotatable bonds is 3. The Bertz CT molecular complexity index is 712. The quantitative estimate of drug-likeness (QED) is 0.661. The number of hydrogen-bond acceptors (Lipinski definition) is 5. The fourth-order valence-corrected chi connectivity index (χ4v) is 5.89. The van der Waals surface area contributed by atoms with E-state index in [1.165, 1.54) is 42.0 Å². The topological polar surface area (TPSA) is 82.9 Å². The average molecular weight is 322 g/mol. The highest BCUT2D eigenvalue weighted by Gasteiger charge is 2.53. The average Bonchev–Trinajstić information content (AvgIpc) is 3.19. The molecule has 3 fully saturated rings. The zero-order valence-corrected chi connectivity index (χ0v) is 13.6. The number of hydrogen-bond donors (Lipinski definition) is 1. The van der Waals surface area contributed by atoms with Crippen molar-refractivity contribution in [1.82, 2.24) is 14.2 Å². The van der Waals surface area contributed by atoms with Crippen molar-refractivity contribution in [2.45, 2.75) is 43.8 Å². The third-order valence-electron chi connectivity index (χ3n) is 6.23. The number of thioether (sulfide) groups is 1. The van der Waals surface area contributed by atoms with E-state index in [1.807, 2.05) is 0 Å². The van der Waals surface area contributed by atoms with Crippen LogP contribution in [0.5, 0.6) is 0 Å². The van der Waals surface area contributed by atoms with Crippen LogP contribution in [0.25, 0.3) is 0 Å². The smallest absolute Gasteiger partial charge is 0.333 e. The zero-order valence-electron chi connectivity index (χ0n) is 12.8. The molecular weight excluding hydrogens is 300 g/mol. The van der Waals surface area contributed by atoms with Gasteiger partial charge in [-0.3, -0.25) is 0 Å². The van der Waals surface area contributed by atoms with E-state index in [9.17, 15) is 9.59 Å². The lowest BCUT2D eigenvalue weighted by Crippen LogP contribution is -2.47. The van der Waals surface area contributed by atoms with Crippen LogP contribution in [-0.4, -0.2) is 20.5 Å². The van der Waals surface area contributed by atoms with Crippen molar-refractivity contribution >= 4 is 11.8 Å². The summed E-state index contributed by atoms with van der Waals surface area (Å²) in [7, 11) is 0. The van der Waals surface area contributed by atoms with Gasteiger partial charge in [0.2, 0.25) is 0 Å². The van der Waals surface area contributed by atoms with E-state index in [0.717, 1.165) is 28.9 Å². The number of nitrogens with two attached hydrogens (primary N) is 1. The largest absolute Gasteiger partial charge is 0.354 e. The molecule has 3 aliphatic rings. The highest BCUT2D eigenvalue weighted by molar-refractivity contribution is 7.98. The van der Waals surface area contributed by atoms with Crippen molar-refractivity contribution < 1.29 is 0 Å². The summed E-state index contributed by atoms with van der Waals surface area (Å²) in [5.41, 5.74) is -0.892. The second kappa shape index (κ2) is 5.15. The molecule has 1 heterocycles. The predicted octanol–water partition coefficient (Wildman–Crippen LogP) is 0.913. The Balaban J connectivity index is 1.62. The number of aromatic nitrogens is 3. The summed E-state index contributed by atoms with van der Waals surface area (Å²) in [5, 5.41) is 0.273. The molecule has 0 aromatic carbocycles. The minimum Gasteiger partial charge on any atom is -0.333 e. The second-order valence-corrected chi connectivity index (χ2v) is 7.83. The van der Waals surface area contributed by atoms with E-state index in [1.54, 1.807) is 6.26 Å². The van der Waals surface area contributed by atoms with E-state index in [0.29, 0.717) is 18.4 Å². The first-order valence-electron chi connectivity index (χ1n) is 8.13. The lowest BCUT2D eigenvalue weighted by atomic mass is 9.76. The lowest BCUT2D eigenvalue weighted by Gasteiger charge is -2.31. The van der Waals surface area contributed by atoms with Gasteiger partial charge in [0.1, 0.15) is 0 Å². The van der Waals surface area contributed by atoms with Gasteiger partial charge in [-0.15, -0.1) is 0 Å². The van der Waals surface area contributed by atoms with Gasteiger partial charge in [0.25, 0.3) is 0 Å². The van der Waals surface area contributed by atoms with E-state index >= 15 is 0 Å². The molecule has 0 radical (unpaired) electrons. The molecule has 0 amide bonds. The second-order valence-electron chi connectivity index (χ2n) is 7.06. The van der Waals surface area contributed by atoms with Crippen molar-refractivity contribution in [3.8, 4) is 0 Å². The SMILES string of the molecule is CSc1nc(=O)n(C[C@@H]2C[C@H]3C[C@H]2[C@@H]2CCC[C@@H]32)c(=O)n1N. The Morgan fingerprint density at radius 2 is 2.00 bits per heavy atom. The summed E-state index contributed by atoms with van der Waals surface area (Å²) in [4.78, 5) is 28.4. The molecule has 1 aromatic heterocycles. The Labute approximate surface area is 133 Å². The Morgan fingerprint density at radius 3 is 2.77 bits per heavy atom. The number of fused-ring (bicyclic) bond motifs is 5. The zero-order chi connectivity index (χ0) is 15.4. The maximum atomic E-state index is 12.3. The minimum absolute atomic E-state index is 0.273.